The molecule has 0 aliphatic rings. The highest BCUT2D eigenvalue weighted by Crippen LogP contribution is 2.25. The van der Waals surface area contributed by atoms with Crippen molar-refractivity contribution < 1.29 is 9.53 Å². The van der Waals surface area contributed by atoms with Crippen LogP contribution < -0.4 is 4.74 Å². The van der Waals surface area contributed by atoms with Crippen molar-refractivity contribution in [3.05, 3.63) is 47.3 Å². The summed E-state index contributed by atoms with van der Waals surface area (Å²) >= 11 is 0. The first-order chi connectivity index (χ1) is 9.49. The molecular weight excluding hydrogens is 252 g/mol. The van der Waals surface area contributed by atoms with Gasteiger partial charge in [0.05, 0.1) is 5.69 Å². The Labute approximate surface area is 119 Å². The molecular formula is C16H20N2O2. The molecule has 0 aliphatic carbocycles. The maximum absolute atomic E-state index is 12.1. The Morgan fingerprint density at radius 3 is 2.60 bits per heavy atom. The molecule has 4 nitrogen and oxygen atoms in total. The zero-order valence-corrected chi connectivity index (χ0v) is 12.4. The van der Waals surface area contributed by atoms with Crippen LogP contribution in [0.4, 0.5) is 0 Å². The SMILES string of the molecule is Cc1cc(C)n(C(=O)COc2ccccc2C(C)C)n1. The van der Waals surface area contributed by atoms with Crippen LogP contribution in [0.3, 0.4) is 0 Å². The number of nitrogens with zero attached hydrogens (tertiary/aromatic N) is 2. The largest absolute Gasteiger partial charge is 0.483 e. The quantitative estimate of drug-likeness (QED) is 0.857. The third-order valence-corrected chi connectivity index (χ3v) is 3.14. The van der Waals surface area contributed by atoms with Crippen molar-refractivity contribution >= 4 is 5.91 Å². The van der Waals surface area contributed by atoms with Gasteiger partial charge in [-0.2, -0.15) is 5.10 Å². The normalized spacial score (nSPS) is 10.8. The van der Waals surface area contributed by atoms with Crippen LogP contribution in [0.15, 0.2) is 30.3 Å². The van der Waals surface area contributed by atoms with E-state index in [0.717, 1.165) is 22.7 Å². The average Bonchev–Trinajstić information content (AvgIpc) is 2.75. The smallest absolute Gasteiger partial charge is 0.284 e. The second-order valence-corrected chi connectivity index (χ2v) is 5.21. The number of carbonyl (C=O) groups is 1. The van der Waals surface area contributed by atoms with Gasteiger partial charge in [-0.15, -0.1) is 0 Å². The highest BCUT2D eigenvalue weighted by Gasteiger charge is 2.13. The van der Waals surface area contributed by atoms with Crippen LogP contribution in [0.5, 0.6) is 5.75 Å². The van der Waals surface area contributed by atoms with E-state index in [1.54, 1.807) is 0 Å². The van der Waals surface area contributed by atoms with Crippen molar-refractivity contribution in [1.82, 2.24) is 9.78 Å². The number of hydrogen-bond donors (Lipinski definition) is 0. The van der Waals surface area contributed by atoms with Crippen LogP contribution in [-0.4, -0.2) is 22.3 Å². The van der Waals surface area contributed by atoms with Gasteiger partial charge in [0.2, 0.25) is 0 Å². The lowest BCUT2D eigenvalue weighted by molar-refractivity contribution is 0.0817. The predicted octanol–water partition coefficient (Wildman–Crippen LogP) is 3.34. The van der Waals surface area contributed by atoms with E-state index in [4.69, 9.17) is 4.74 Å². The van der Waals surface area contributed by atoms with E-state index in [1.807, 2.05) is 44.2 Å². The van der Waals surface area contributed by atoms with E-state index in [1.165, 1.54) is 4.68 Å². The average molecular weight is 272 g/mol. The summed E-state index contributed by atoms with van der Waals surface area (Å²) in [6.07, 6.45) is 0. The van der Waals surface area contributed by atoms with Crippen LogP contribution in [0.25, 0.3) is 0 Å². The topological polar surface area (TPSA) is 44.1 Å². The molecule has 0 atom stereocenters. The van der Waals surface area contributed by atoms with Crippen molar-refractivity contribution in [3.8, 4) is 5.75 Å². The van der Waals surface area contributed by atoms with Crippen molar-refractivity contribution in [3.63, 3.8) is 0 Å². The molecule has 1 heterocycles. The van der Waals surface area contributed by atoms with E-state index < -0.39 is 0 Å². The lowest BCUT2D eigenvalue weighted by Crippen LogP contribution is -2.22. The van der Waals surface area contributed by atoms with Crippen molar-refractivity contribution in [1.29, 1.82) is 0 Å². The first kappa shape index (κ1) is 14.3. The van der Waals surface area contributed by atoms with Gasteiger partial charge in [0.25, 0.3) is 5.91 Å². The summed E-state index contributed by atoms with van der Waals surface area (Å²) in [5.74, 6) is 0.960. The van der Waals surface area contributed by atoms with Gasteiger partial charge in [-0.1, -0.05) is 32.0 Å². The van der Waals surface area contributed by atoms with Crippen LogP contribution in [0.2, 0.25) is 0 Å². The number of hydrogen-bond acceptors (Lipinski definition) is 3. The summed E-state index contributed by atoms with van der Waals surface area (Å²) in [6, 6.07) is 9.68. The van der Waals surface area contributed by atoms with Crippen molar-refractivity contribution in [2.75, 3.05) is 6.61 Å². The number of rotatable bonds is 4. The van der Waals surface area contributed by atoms with Crippen LogP contribution in [-0.2, 0) is 0 Å². The van der Waals surface area contributed by atoms with Gasteiger partial charge in [-0.25, -0.2) is 4.68 Å². The fourth-order valence-electron chi connectivity index (χ4n) is 2.17. The number of aryl methyl sites for hydroxylation is 2. The summed E-state index contributed by atoms with van der Waals surface area (Å²) in [5, 5.41) is 4.17. The lowest BCUT2D eigenvalue weighted by Gasteiger charge is -2.13. The minimum absolute atomic E-state index is 0.00824. The molecule has 0 radical (unpaired) electrons. The van der Waals surface area contributed by atoms with Gasteiger partial charge >= 0.3 is 0 Å². The predicted molar refractivity (Wildman–Crippen MR) is 78.4 cm³/mol. The Morgan fingerprint density at radius 2 is 2.00 bits per heavy atom. The molecule has 106 valence electrons. The Morgan fingerprint density at radius 1 is 1.30 bits per heavy atom. The van der Waals surface area contributed by atoms with E-state index >= 15 is 0 Å². The Bertz CT molecular complexity index is 615. The minimum Gasteiger partial charge on any atom is -0.483 e. The zero-order chi connectivity index (χ0) is 14.7. The van der Waals surface area contributed by atoms with E-state index in [9.17, 15) is 4.79 Å². The molecule has 20 heavy (non-hydrogen) atoms. The second kappa shape index (κ2) is 5.90. The fourth-order valence-corrected chi connectivity index (χ4v) is 2.17. The second-order valence-electron chi connectivity index (χ2n) is 5.21. The molecule has 1 aromatic heterocycles. The Hall–Kier alpha value is -2.10. The standard InChI is InChI=1S/C16H20N2O2/c1-11(2)14-7-5-6-8-15(14)20-10-16(19)18-13(4)9-12(3)17-18/h5-9,11H,10H2,1-4H3. The van der Waals surface area contributed by atoms with Gasteiger partial charge in [-0.05, 0) is 37.5 Å². The van der Waals surface area contributed by atoms with Gasteiger partial charge in [0.1, 0.15) is 5.75 Å². The maximum atomic E-state index is 12.1. The van der Waals surface area contributed by atoms with Gasteiger partial charge in [-0.3, -0.25) is 4.79 Å². The molecule has 0 fully saturated rings. The molecule has 2 aromatic rings. The number of benzene rings is 1. The molecule has 0 bridgehead atoms. The fraction of sp³-hybridized carbons (Fsp3) is 0.375. The zero-order valence-electron chi connectivity index (χ0n) is 12.4. The van der Waals surface area contributed by atoms with E-state index in [-0.39, 0.29) is 12.5 Å². The van der Waals surface area contributed by atoms with Gasteiger partial charge in [0, 0.05) is 5.69 Å². The number of aromatic nitrogens is 2. The minimum atomic E-state index is -0.158. The molecule has 1 aromatic carbocycles. The van der Waals surface area contributed by atoms with Crippen LogP contribution in [0, 0.1) is 13.8 Å². The summed E-state index contributed by atoms with van der Waals surface area (Å²) in [4.78, 5) is 12.1. The Balaban J connectivity index is 2.09. The van der Waals surface area contributed by atoms with Gasteiger partial charge < -0.3 is 4.74 Å². The molecule has 0 spiro atoms. The molecule has 0 saturated carbocycles. The lowest BCUT2D eigenvalue weighted by atomic mass is 10.0. The third kappa shape index (κ3) is 3.07. The molecule has 0 N–H and O–H groups in total. The number of para-hydroxylation sites is 1. The van der Waals surface area contributed by atoms with Crippen molar-refractivity contribution in [2.45, 2.75) is 33.6 Å². The number of ether oxygens (including phenoxy) is 1. The monoisotopic (exact) mass is 272 g/mol. The maximum Gasteiger partial charge on any atom is 0.284 e. The van der Waals surface area contributed by atoms with E-state index in [0.29, 0.717) is 5.92 Å². The first-order valence-corrected chi connectivity index (χ1v) is 6.77. The molecule has 4 heteroatoms. The molecule has 0 aliphatic heterocycles. The first-order valence-electron chi connectivity index (χ1n) is 6.77. The summed E-state index contributed by atoms with van der Waals surface area (Å²) in [6.45, 7) is 7.92. The third-order valence-electron chi connectivity index (χ3n) is 3.14. The molecule has 0 saturated heterocycles. The summed E-state index contributed by atoms with van der Waals surface area (Å²) < 4.78 is 7.06. The highest BCUT2D eigenvalue weighted by atomic mass is 16.5. The van der Waals surface area contributed by atoms with Crippen molar-refractivity contribution in [2.24, 2.45) is 0 Å². The molecule has 0 unspecified atom stereocenters. The molecule has 0 amide bonds. The van der Waals surface area contributed by atoms with Crippen LogP contribution in [0.1, 0.15) is 41.5 Å². The number of carbonyl (C=O) groups excluding carboxylic acids is 1. The van der Waals surface area contributed by atoms with Crippen LogP contribution >= 0.6 is 0 Å². The summed E-state index contributed by atoms with van der Waals surface area (Å²) in [5.41, 5.74) is 2.76. The highest BCUT2D eigenvalue weighted by molar-refractivity contribution is 5.80. The Kier molecular flexibility index (Phi) is 4.23. The van der Waals surface area contributed by atoms with Gasteiger partial charge in [0.15, 0.2) is 6.61 Å². The summed E-state index contributed by atoms with van der Waals surface area (Å²) in [7, 11) is 0. The molecule has 2 rings (SSSR count). The van der Waals surface area contributed by atoms with E-state index in [2.05, 4.69) is 18.9 Å².